The lowest BCUT2D eigenvalue weighted by atomic mass is 10.3. The molecule has 1 aliphatic carbocycles. The fraction of sp³-hybridized carbons (Fsp3) is 1.00. The molecule has 0 amide bonds. The highest BCUT2D eigenvalue weighted by Crippen LogP contribution is 2.26. The minimum atomic E-state index is -0.819. The maximum Gasteiger partial charge on any atom is 0.0949 e. The fourth-order valence-electron chi connectivity index (χ4n) is 0.957. The van der Waals surface area contributed by atoms with Crippen molar-refractivity contribution in [2.75, 3.05) is 0 Å². The summed E-state index contributed by atoms with van der Waals surface area (Å²) in [6.45, 7) is 0. The largest absolute Gasteiger partial charge is 0.392 e. The number of alkyl halides is 1. The number of halogens is 1. The van der Waals surface area contributed by atoms with Crippen LogP contribution >= 0.6 is 15.9 Å². The first-order valence-corrected chi connectivity index (χ1v) is 3.72. The van der Waals surface area contributed by atoms with Crippen LogP contribution in [0.15, 0.2) is 0 Å². The van der Waals surface area contributed by atoms with E-state index in [0.29, 0.717) is 0 Å². The molecule has 0 aromatic rings. The number of hydrogen-bond donors (Lipinski definition) is 3. The van der Waals surface area contributed by atoms with Crippen LogP contribution < -0.4 is 0 Å². The Balaban J connectivity index is 2.54. The molecule has 0 aliphatic heterocycles. The molecule has 0 saturated heterocycles. The second-order valence-corrected chi connectivity index (χ2v) is 3.36. The zero-order chi connectivity index (χ0) is 7.02. The Morgan fingerprint density at radius 2 is 1.67 bits per heavy atom. The molecule has 9 heavy (non-hydrogen) atoms. The highest BCUT2D eigenvalue weighted by Gasteiger charge is 2.38. The van der Waals surface area contributed by atoms with Gasteiger partial charge in [-0.2, -0.15) is 0 Å². The van der Waals surface area contributed by atoms with Crippen molar-refractivity contribution in [2.24, 2.45) is 0 Å². The molecule has 0 heterocycles. The van der Waals surface area contributed by atoms with E-state index in [1.807, 2.05) is 0 Å². The van der Waals surface area contributed by atoms with Crippen molar-refractivity contribution >= 4 is 15.9 Å². The second-order valence-electron chi connectivity index (χ2n) is 2.31. The van der Waals surface area contributed by atoms with Crippen molar-refractivity contribution in [3.8, 4) is 0 Å². The highest BCUT2D eigenvalue weighted by molar-refractivity contribution is 9.09. The first-order chi connectivity index (χ1) is 4.13. The minimum absolute atomic E-state index is 0.261. The van der Waals surface area contributed by atoms with Gasteiger partial charge in [-0.3, -0.25) is 0 Å². The molecule has 1 rings (SSSR count). The van der Waals surface area contributed by atoms with Gasteiger partial charge in [-0.05, 0) is 0 Å². The summed E-state index contributed by atoms with van der Waals surface area (Å²) >= 11 is 3.05. The van der Waals surface area contributed by atoms with Gasteiger partial charge in [0.1, 0.15) is 0 Å². The molecule has 4 unspecified atom stereocenters. The maximum atomic E-state index is 8.98. The quantitative estimate of drug-likeness (QED) is 0.447. The Labute approximate surface area is 61.4 Å². The predicted molar refractivity (Wildman–Crippen MR) is 35.4 cm³/mol. The van der Waals surface area contributed by atoms with Crippen molar-refractivity contribution in [2.45, 2.75) is 29.6 Å². The van der Waals surface area contributed by atoms with Gasteiger partial charge >= 0.3 is 0 Å². The zero-order valence-corrected chi connectivity index (χ0v) is 6.32. The number of aliphatic hydroxyl groups excluding tert-OH is 3. The Bertz CT molecular complexity index is 96.4. The van der Waals surface area contributed by atoms with E-state index in [1.54, 1.807) is 0 Å². The molecule has 4 atom stereocenters. The molecule has 1 aliphatic rings. The summed E-state index contributed by atoms with van der Waals surface area (Å²) in [5, 5.41) is 26.8. The summed E-state index contributed by atoms with van der Waals surface area (Å²) < 4.78 is 0. The summed E-state index contributed by atoms with van der Waals surface area (Å²) in [6.07, 6.45) is -1.95. The van der Waals surface area contributed by atoms with Crippen molar-refractivity contribution in [1.82, 2.24) is 0 Å². The van der Waals surface area contributed by atoms with Gasteiger partial charge in [0.2, 0.25) is 0 Å². The van der Waals surface area contributed by atoms with Gasteiger partial charge in [-0.25, -0.2) is 0 Å². The number of hydrogen-bond acceptors (Lipinski definition) is 3. The van der Waals surface area contributed by atoms with Gasteiger partial charge in [-0.15, -0.1) is 0 Å². The topological polar surface area (TPSA) is 60.7 Å². The molecule has 3 nitrogen and oxygen atoms in total. The minimum Gasteiger partial charge on any atom is -0.392 e. The van der Waals surface area contributed by atoms with Crippen LogP contribution in [-0.2, 0) is 0 Å². The van der Waals surface area contributed by atoms with E-state index in [4.69, 9.17) is 15.3 Å². The highest BCUT2D eigenvalue weighted by atomic mass is 79.9. The molecule has 3 N–H and O–H groups in total. The van der Waals surface area contributed by atoms with Crippen LogP contribution in [-0.4, -0.2) is 38.5 Å². The first-order valence-electron chi connectivity index (χ1n) is 2.81. The van der Waals surface area contributed by atoms with Crippen LogP contribution in [0.1, 0.15) is 6.42 Å². The molecule has 54 valence electrons. The summed E-state index contributed by atoms with van der Waals surface area (Å²) in [5.74, 6) is 0. The third-order valence-electron chi connectivity index (χ3n) is 1.57. The lowest BCUT2D eigenvalue weighted by Gasteiger charge is -2.09. The maximum absolute atomic E-state index is 8.98. The van der Waals surface area contributed by atoms with Gasteiger partial charge in [0.15, 0.2) is 0 Å². The first kappa shape index (κ1) is 7.47. The Hall–Kier alpha value is 0.360. The van der Waals surface area contributed by atoms with Gasteiger partial charge < -0.3 is 15.3 Å². The standard InChI is InChI=1S/C5H9BrO3/c6-4-2(7)1-3(8)5(4)9/h2-5,7-9H,1H2. The van der Waals surface area contributed by atoms with Gasteiger partial charge in [-0.1, -0.05) is 15.9 Å². The summed E-state index contributed by atoms with van der Waals surface area (Å²) in [4.78, 5) is -0.368. The molecule has 0 aromatic heterocycles. The third kappa shape index (κ3) is 1.26. The van der Waals surface area contributed by atoms with Crippen LogP contribution in [0, 0.1) is 0 Å². The molecule has 0 radical (unpaired) electrons. The Morgan fingerprint density at radius 3 is 1.78 bits per heavy atom. The van der Waals surface area contributed by atoms with Gasteiger partial charge in [0.25, 0.3) is 0 Å². The van der Waals surface area contributed by atoms with E-state index in [1.165, 1.54) is 0 Å². The SMILES string of the molecule is OC1CC(O)C(Br)C1O. The molecule has 0 bridgehead atoms. The monoisotopic (exact) mass is 196 g/mol. The zero-order valence-electron chi connectivity index (χ0n) is 4.74. The normalized spacial score (nSPS) is 52.0. The molecule has 1 saturated carbocycles. The van der Waals surface area contributed by atoms with Crippen molar-refractivity contribution in [3.63, 3.8) is 0 Å². The summed E-state index contributed by atoms with van der Waals surface area (Å²) in [7, 11) is 0. The number of rotatable bonds is 0. The average molecular weight is 197 g/mol. The van der Waals surface area contributed by atoms with Crippen LogP contribution in [0.5, 0.6) is 0 Å². The second kappa shape index (κ2) is 2.54. The van der Waals surface area contributed by atoms with E-state index in [-0.39, 0.29) is 11.2 Å². The van der Waals surface area contributed by atoms with Crippen LogP contribution in [0.2, 0.25) is 0 Å². The molecular weight excluding hydrogens is 188 g/mol. The van der Waals surface area contributed by atoms with Gasteiger partial charge in [0, 0.05) is 6.42 Å². The van der Waals surface area contributed by atoms with Crippen LogP contribution in [0.3, 0.4) is 0 Å². The molecular formula is C5H9BrO3. The molecule has 4 heteroatoms. The Kier molecular flexibility index (Phi) is 2.10. The van der Waals surface area contributed by atoms with E-state index in [0.717, 1.165) is 0 Å². The lowest BCUT2D eigenvalue weighted by molar-refractivity contribution is 0.0469. The van der Waals surface area contributed by atoms with E-state index < -0.39 is 18.3 Å². The van der Waals surface area contributed by atoms with Crippen molar-refractivity contribution in [3.05, 3.63) is 0 Å². The smallest absolute Gasteiger partial charge is 0.0949 e. The van der Waals surface area contributed by atoms with Crippen molar-refractivity contribution in [1.29, 1.82) is 0 Å². The summed E-state index contributed by atoms with van der Waals surface area (Å²) in [6, 6.07) is 0. The molecule has 0 spiro atoms. The van der Waals surface area contributed by atoms with Gasteiger partial charge in [0.05, 0.1) is 23.1 Å². The van der Waals surface area contributed by atoms with Crippen LogP contribution in [0.25, 0.3) is 0 Å². The van der Waals surface area contributed by atoms with E-state index >= 15 is 0 Å². The van der Waals surface area contributed by atoms with E-state index in [9.17, 15) is 0 Å². The third-order valence-corrected chi connectivity index (χ3v) is 2.72. The fourth-order valence-corrected chi connectivity index (χ4v) is 1.52. The molecule has 1 fully saturated rings. The van der Waals surface area contributed by atoms with Crippen LogP contribution in [0.4, 0.5) is 0 Å². The van der Waals surface area contributed by atoms with E-state index in [2.05, 4.69) is 15.9 Å². The molecule has 0 aromatic carbocycles. The summed E-state index contributed by atoms with van der Waals surface area (Å²) in [5.41, 5.74) is 0. The van der Waals surface area contributed by atoms with Crippen molar-refractivity contribution < 1.29 is 15.3 Å². The Morgan fingerprint density at radius 1 is 1.11 bits per heavy atom. The number of aliphatic hydroxyl groups is 3. The lowest BCUT2D eigenvalue weighted by Crippen LogP contribution is -2.27. The average Bonchev–Trinajstić information content (AvgIpc) is 1.98. The predicted octanol–water partition coefficient (Wildman–Crippen LogP) is -0.764.